The largest absolute Gasteiger partial charge is 0.392 e. The molecule has 0 bridgehead atoms. The van der Waals surface area contributed by atoms with E-state index in [1.54, 1.807) is 11.8 Å². The zero-order valence-corrected chi connectivity index (χ0v) is 6.62. The minimum absolute atomic E-state index is 0.0304. The molecule has 64 valence electrons. The molecular weight excluding hydrogens is 146 g/mol. The van der Waals surface area contributed by atoms with Crippen molar-refractivity contribution in [1.29, 1.82) is 0 Å². The summed E-state index contributed by atoms with van der Waals surface area (Å²) in [5.41, 5.74) is 0. The van der Waals surface area contributed by atoms with Gasteiger partial charge in [-0.25, -0.2) is 0 Å². The minimum atomic E-state index is -0.447. The molecule has 0 aromatic heterocycles. The smallest absolute Gasteiger partial charge is 0.248 e. The molecule has 0 saturated carbocycles. The van der Waals surface area contributed by atoms with Gasteiger partial charge in [0.15, 0.2) is 0 Å². The number of aliphatic hydroxyl groups excluding tert-OH is 1. The fraction of sp³-hybridized carbons (Fsp3) is 0.857. The molecule has 0 aromatic carbocycles. The zero-order chi connectivity index (χ0) is 8.27. The van der Waals surface area contributed by atoms with Gasteiger partial charge in [0.05, 0.1) is 12.7 Å². The Bertz CT molecular complexity index is 147. The molecule has 4 nitrogen and oxygen atoms in total. The van der Waals surface area contributed by atoms with Gasteiger partial charge in [-0.15, -0.1) is 0 Å². The summed E-state index contributed by atoms with van der Waals surface area (Å²) in [5.74, 6) is -0.0304. The van der Waals surface area contributed by atoms with Crippen LogP contribution in [0.3, 0.4) is 0 Å². The van der Waals surface area contributed by atoms with Crippen LogP contribution in [0.1, 0.15) is 6.92 Å². The van der Waals surface area contributed by atoms with Crippen molar-refractivity contribution in [2.45, 2.75) is 13.0 Å². The maximum absolute atomic E-state index is 11.0. The van der Waals surface area contributed by atoms with E-state index in [1.165, 1.54) is 0 Å². The molecule has 1 atom stereocenters. The highest BCUT2D eigenvalue weighted by Crippen LogP contribution is 1.99. The zero-order valence-electron chi connectivity index (χ0n) is 6.62. The van der Waals surface area contributed by atoms with Crippen molar-refractivity contribution in [1.82, 2.24) is 4.90 Å². The molecule has 0 unspecified atom stereocenters. The van der Waals surface area contributed by atoms with Crippen molar-refractivity contribution in [3.8, 4) is 0 Å². The van der Waals surface area contributed by atoms with E-state index >= 15 is 0 Å². The van der Waals surface area contributed by atoms with Crippen molar-refractivity contribution >= 4 is 5.91 Å². The van der Waals surface area contributed by atoms with Crippen LogP contribution in [0, 0.1) is 0 Å². The van der Waals surface area contributed by atoms with Crippen LogP contribution in [0.25, 0.3) is 0 Å². The number of aliphatic hydroxyl groups is 1. The number of hydrogen-bond acceptors (Lipinski definition) is 3. The molecule has 1 saturated heterocycles. The highest BCUT2D eigenvalue weighted by molar-refractivity contribution is 5.77. The van der Waals surface area contributed by atoms with Gasteiger partial charge in [0.2, 0.25) is 5.91 Å². The maximum Gasteiger partial charge on any atom is 0.248 e. The lowest BCUT2D eigenvalue weighted by Gasteiger charge is -2.27. The monoisotopic (exact) mass is 159 g/mol. The van der Waals surface area contributed by atoms with E-state index in [-0.39, 0.29) is 12.5 Å². The third-order valence-electron chi connectivity index (χ3n) is 1.57. The predicted molar refractivity (Wildman–Crippen MR) is 39.1 cm³/mol. The van der Waals surface area contributed by atoms with Gasteiger partial charge in [-0.2, -0.15) is 0 Å². The molecule has 1 aliphatic heterocycles. The first-order valence-electron chi connectivity index (χ1n) is 3.73. The van der Waals surface area contributed by atoms with Crippen molar-refractivity contribution in [3.05, 3.63) is 0 Å². The normalized spacial score (nSPS) is 22.0. The van der Waals surface area contributed by atoms with E-state index in [9.17, 15) is 4.79 Å². The molecule has 0 aliphatic carbocycles. The summed E-state index contributed by atoms with van der Waals surface area (Å²) < 4.78 is 4.92. The molecule has 1 rings (SSSR count). The number of carbonyl (C=O) groups is 1. The Labute approximate surface area is 65.8 Å². The second kappa shape index (κ2) is 3.69. The van der Waals surface area contributed by atoms with Gasteiger partial charge >= 0.3 is 0 Å². The van der Waals surface area contributed by atoms with Crippen LogP contribution in [0.15, 0.2) is 0 Å². The van der Waals surface area contributed by atoms with Crippen LogP contribution in [0.5, 0.6) is 0 Å². The Morgan fingerprint density at radius 2 is 2.55 bits per heavy atom. The third-order valence-corrected chi connectivity index (χ3v) is 1.57. The molecule has 1 heterocycles. The first kappa shape index (κ1) is 8.49. The van der Waals surface area contributed by atoms with Crippen LogP contribution < -0.4 is 0 Å². The van der Waals surface area contributed by atoms with Crippen molar-refractivity contribution in [3.63, 3.8) is 0 Å². The molecule has 11 heavy (non-hydrogen) atoms. The number of morpholine rings is 1. The third kappa shape index (κ3) is 2.48. The number of β-amino-alcohol motifs (C(OH)–C–C–N with tert-alkyl or cyclic N) is 1. The lowest BCUT2D eigenvalue weighted by Crippen LogP contribution is -2.44. The Balaban J connectivity index is 2.36. The molecule has 1 aliphatic rings. The first-order chi connectivity index (χ1) is 5.20. The number of amides is 1. The number of nitrogens with zero attached hydrogens (tertiary/aromatic N) is 1. The van der Waals surface area contributed by atoms with E-state index in [0.717, 1.165) is 0 Å². The number of ether oxygens (including phenoxy) is 1. The van der Waals surface area contributed by atoms with Crippen LogP contribution >= 0.6 is 0 Å². The van der Waals surface area contributed by atoms with Crippen molar-refractivity contribution in [2.24, 2.45) is 0 Å². The minimum Gasteiger partial charge on any atom is -0.392 e. The average Bonchev–Trinajstić information content (AvgIpc) is 1.93. The Morgan fingerprint density at radius 3 is 3.09 bits per heavy atom. The molecule has 1 fully saturated rings. The van der Waals surface area contributed by atoms with E-state index in [4.69, 9.17) is 9.84 Å². The van der Waals surface area contributed by atoms with Gasteiger partial charge in [-0.1, -0.05) is 0 Å². The van der Waals surface area contributed by atoms with Gasteiger partial charge < -0.3 is 14.7 Å². The second-order valence-corrected chi connectivity index (χ2v) is 2.74. The molecular formula is C7H13NO3. The summed E-state index contributed by atoms with van der Waals surface area (Å²) in [6.07, 6.45) is -0.447. The summed E-state index contributed by atoms with van der Waals surface area (Å²) >= 11 is 0. The summed E-state index contributed by atoms with van der Waals surface area (Å²) in [5, 5.41) is 8.99. The van der Waals surface area contributed by atoms with Crippen LogP contribution in [0.2, 0.25) is 0 Å². The van der Waals surface area contributed by atoms with E-state index in [1.807, 2.05) is 0 Å². The Kier molecular flexibility index (Phi) is 2.84. The Morgan fingerprint density at radius 1 is 1.82 bits per heavy atom. The quantitative estimate of drug-likeness (QED) is 0.575. The fourth-order valence-corrected chi connectivity index (χ4v) is 1.06. The van der Waals surface area contributed by atoms with Gasteiger partial charge in [0.1, 0.15) is 6.61 Å². The van der Waals surface area contributed by atoms with E-state index < -0.39 is 6.10 Å². The lowest BCUT2D eigenvalue weighted by molar-refractivity contribution is -0.144. The summed E-state index contributed by atoms with van der Waals surface area (Å²) in [6, 6.07) is 0. The highest BCUT2D eigenvalue weighted by Gasteiger charge is 2.19. The molecule has 1 amide bonds. The topological polar surface area (TPSA) is 49.8 Å². The maximum atomic E-state index is 11.0. The summed E-state index contributed by atoms with van der Waals surface area (Å²) in [7, 11) is 0. The van der Waals surface area contributed by atoms with Crippen LogP contribution in [-0.2, 0) is 9.53 Å². The predicted octanol–water partition coefficient (Wildman–Crippen LogP) is -0.774. The second-order valence-electron chi connectivity index (χ2n) is 2.74. The molecule has 1 N–H and O–H groups in total. The van der Waals surface area contributed by atoms with Crippen molar-refractivity contribution in [2.75, 3.05) is 26.3 Å². The molecule has 4 heteroatoms. The Hall–Kier alpha value is -0.610. The molecule has 0 radical (unpaired) electrons. The van der Waals surface area contributed by atoms with Crippen LogP contribution in [0.4, 0.5) is 0 Å². The average molecular weight is 159 g/mol. The highest BCUT2D eigenvalue weighted by atomic mass is 16.5. The first-order valence-corrected chi connectivity index (χ1v) is 3.73. The fourth-order valence-electron chi connectivity index (χ4n) is 1.06. The van der Waals surface area contributed by atoms with E-state index in [2.05, 4.69) is 0 Å². The standard InChI is InChI=1S/C7H13NO3/c1-6(9)4-8-2-3-11-5-7(8)10/h6,9H,2-5H2,1H3/t6-/m1/s1. The van der Waals surface area contributed by atoms with Crippen molar-refractivity contribution < 1.29 is 14.6 Å². The van der Waals surface area contributed by atoms with Gasteiger partial charge in [-0.05, 0) is 6.92 Å². The SMILES string of the molecule is C[C@@H](O)CN1CCOCC1=O. The number of carbonyl (C=O) groups excluding carboxylic acids is 1. The summed E-state index contributed by atoms with van der Waals surface area (Å²) in [4.78, 5) is 12.6. The van der Waals surface area contributed by atoms with Gasteiger partial charge in [-0.3, -0.25) is 4.79 Å². The van der Waals surface area contributed by atoms with Gasteiger partial charge in [0, 0.05) is 13.1 Å². The molecule has 0 spiro atoms. The van der Waals surface area contributed by atoms with E-state index in [0.29, 0.717) is 19.7 Å². The molecule has 0 aromatic rings. The van der Waals surface area contributed by atoms with Gasteiger partial charge in [0.25, 0.3) is 0 Å². The number of rotatable bonds is 2. The van der Waals surface area contributed by atoms with Crippen LogP contribution in [-0.4, -0.2) is 48.3 Å². The summed E-state index contributed by atoms with van der Waals surface area (Å²) in [6.45, 7) is 3.43. The lowest BCUT2D eigenvalue weighted by atomic mass is 10.3. The number of hydrogen-bond donors (Lipinski definition) is 1.